The zero-order chi connectivity index (χ0) is 23.5. The Morgan fingerprint density at radius 3 is 2.30 bits per heavy atom. The summed E-state index contributed by atoms with van der Waals surface area (Å²) in [5.74, 6) is 0.946. The molecule has 3 N–H and O–H groups in total. The number of nitro groups is 1. The number of hydrogen-bond acceptors (Lipinski definition) is 12. The highest BCUT2D eigenvalue weighted by atomic mass is 16.6. The van der Waals surface area contributed by atoms with Gasteiger partial charge in [0.25, 0.3) is 5.69 Å². The summed E-state index contributed by atoms with van der Waals surface area (Å²) in [4.78, 5) is 27.8. The average molecular weight is 463 g/mol. The number of nitrogens with two attached hydrogens (primary N) is 1. The fourth-order valence-electron chi connectivity index (χ4n) is 3.25. The molecule has 0 atom stereocenters. The SMILES string of the molecule is COc1nc(NCCOCCOCCN)nc(N2CCN(c3ccc([N+](=O)[O-])cc3)CC2)n1. The molecule has 33 heavy (non-hydrogen) atoms. The highest BCUT2D eigenvalue weighted by Gasteiger charge is 2.21. The van der Waals surface area contributed by atoms with Crippen molar-refractivity contribution in [3.8, 4) is 6.01 Å². The number of non-ortho nitro benzene ring substituents is 1. The van der Waals surface area contributed by atoms with Gasteiger partial charge in [-0.25, -0.2) is 0 Å². The minimum absolute atomic E-state index is 0.0834. The van der Waals surface area contributed by atoms with E-state index in [-0.39, 0.29) is 11.7 Å². The van der Waals surface area contributed by atoms with Crippen LogP contribution >= 0.6 is 0 Å². The Balaban J connectivity index is 1.50. The predicted octanol–water partition coefficient (Wildman–Crippen LogP) is 0.519. The van der Waals surface area contributed by atoms with Crippen LogP contribution in [0.4, 0.5) is 23.3 Å². The van der Waals surface area contributed by atoms with Gasteiger partial charge in [-0.3, -0.25) is 10.1 Å². The van der Waals surface area contributed by atoms with E-state index in [2.05, 4.69) is 30.1 Å². The lowest BCUT2D eigenvalue weighted by Gasteiger charge is -2.36. The Morgan fingerprint density at radius 1 is 1.00 bits per heavy atom. The Bertz CT molecular complexity index is 877. The van der Waals surface area contributed by atoms with Crippen molar-refractivity contribution in [1.29, 1.82) is 0 Å². The van der Waals surface area contributed by atoms with E-state index in [9.17, 15) is 10.1 Å². The molecule has 1 aliphatic heterocycles. The monoisotopic (exact) mass is 462 g/mol. The summed E-state index contributed by atoms with van der Waals surface area (Å²) in [6.45, 7) is 5.86. The highest BCUT2D eigenvalue weighted by Crippen LogP contribution is 2.22. The molecule has 1 aromatic carbocycles. The molecule has 1 aliphatic rings. The van der Waals surface area contributed by atoms with Gasteiger partial charge in [-0.2, -0.15) is 15.0 Å². The quantitative estimate of drug-likeness (QED) is 0.242. The molecule has 0 bridgehead atoms. The van der Waals surface area contributed by atoms with E-state index in [1.54, 1.807) is 12.1 Å². The molecule has 0 spiro atoms. The van der Waals surface area contributed by atoms with Crippen molar-refractivity contribution in [2.75, 3.05) is 87.9 Å². The summed E-state index contributed by atoms with van der Waals surface area (Å²) in [6.07, 6.45) is 0. The van der Waals surface area contributed by atoms with Crippen molar-refractivity contribution in [3.63, 3.8) is 0 Å². The van der Waals surface area contributed by atoms with E-state index >= 15 is 0 Å². The van der Waals surface area contributed by atoms with E-state index in [0.717, 1.165) is 18.8 Å². The van der Waals surface area contributed by atoms with Crippen molar-refractivity contribution < 1.29 is 19.1 Å². The van der Waals surface area contributed by atoms with Crippen molar-refractivity contribution in [2.24, 2.45) is 5.73 Å². The molecule has 13 heteroatoms. The molecule has 1 aromatic heterocycles. The molecule has 13 nitrogen and oxygen atoms in total. The van der Waals surface area contributed by atoms with Gasteiger partial charge < -0.3 is 35.1 Å². The number of ether oxygens (including phenoxy) is 3. The van der Waals surface area contributed by atoms with E-state index in [0.29, 0.717) is 64.5 Å². The second-order valence-corrected chi connectivity index (χ2v) is 7.13. The first kappa shape index (κ1) is 24.4. The van der Waals surface area contributed by atoms with Crippen LogP contribution in [0.5, 0.6) is 6.01 Å². The Morgan fingerprint density at radius 2 is 1.67 bits per heavy atom. The van der Waals surface area contributed by atoms with Crippen molar-refractivity contribution >= 4 is 23.3 Å². The maximum atomic E-state index is 10.9. The number of nitrogens with zero attached hydrogens (tertiary/aromatic N) is 6. The topological polar surface area (TPSA) is 154 Å². The Labute approximate surface area is 192 Å². The molecule has 180 valence electrons. The Hall–Kier alpha value is -3.29. The molecule has 0 saturated carbocycles. The summed E-state index contributed by atoms with van der Waals surface area (Å²) in [7, 11) is 1.51. The normalized spacial score (nSPS) is 13.8. The van der Waals surface area contributed by atoms with E-state index in [1.165, 1.54) is 19.2 Å². The summed E-state index contributed by atoms with van der Waals surface area (Å²) in [6, 6.07) is 6.82. The molecule has 0 radical (unpaired) electrons. The van der Waals surface area contributed by atoms with Crippen LogP contribution in [0.2, 0.25) is 0 Å². The third-order valence-corrected chi connectivity index (χ3v) is 4.94. The van der Waals surface area contributed by atoms with Crippen LogP contribution in [0.25, 0.3) is 0 Å². The van der Waals surface area contributed by atoms with Gasteiger partial charge in [0.05, 0.1) is 38.5 Å². The minimum atomic E-state index is -0.397. The summed E-state index contributed by atoms with van der Waals surface area (Å²) in [5.41, 5.74) is 6.39. The summed E-state index contributed by atoms with van der Waals surface area (Å²) >= 11 is 0. The predicted molar refractivity (Wildman–Crippen MR) is 123 cm³/mol. The van der Waals surface area contributed by atoms with Crippen molar-refractivity contribution in [2.45, 2.75) is 0 Å². The first-order valence-electron chi connectivity index (χ1n) is 10.7. The molecule has 3 rings (SSSR count). The summed E-state index contributed by atoms with van der Waals surface area (Å²) < 4.78 is 16.0. The molecular formula is C20H30N8O5. The molecule has 0 unspecified atom stereocenters. The van der Waals surface area contributed by atoms with Gasteiger partial charge in [-0.1, -0.05) is 0 Å². The van der Waals surface area contributed by atoms with Gasteiger partial charge in [-0.05, 0) is 12.1 Å². The fraction of sp³-hybridized carbons (Fsp3) is 0.550. The van der Waals surface area contributed by atoms with E-state index in [1.807, 2.05) is 0 Å². The molecule has 1 fully saturated rings. The lowest BCUT2D eigenvalue weighted by Crippen LogP contribution is -2.47. The molecule has 2 heterocycles. The van der Waals surface area contributed by atoms with Crippen LogP contribution in [-0.4, -0.2) is 92.7 Å². The number of hydrogen-bond donors (Lipinski definition) is 2. The third-order valence-electron chi connectivity index (χ3n) is 4.94. The molecule has 0 aliphatic carbocycles. The van der Waals surface area contributed by atoms with Crippen LogP contribution in [0.3, 0.4) is 0 Å². The zero-order valence-electron chi connectivity index (χ0n) is 18.7. The maximum absolute atomic E-state index is 10.9. The van der Waals surface area contributed by atoms with Gasteiger partial charge >= 0.3 is 6.01 Å². The zero-order valence-corrected chi connectivity index (χ0v) is 18.7. The molecule has 1 saturated heterocycles. The van der Waals surface area contributed by atoms with Gasteiger partial charge in [-0.15, -0.1) is 0 Å². The van der Waals surface area contributed by atoms with E-state index < -0.39 is 4.92 Å². The van der Waals surface area contributed by atoms with Crippen molar-refractivity contribution in [1.82, 2.24) is 15.0 Å². The fourth-order valence-corrected chi connectivity index (χ4v) is 3.25. The van der Waals surface area contributed by atoms with Crippen LogP contribution in [0, 0.1) is 10.1 Å². The molecule has 0 amide bonds. The number of methoxy groups -OCH3 is 1. The van der Waals surface area contributed by atoms with Crippen LogP contribution in [0.1, 0.15) is 0 Å². The number of nitro benzene ring substituents is 1. The lowest BCUT2D eigenvalue weighted by atomic mass is 10.2. The Kier molecular flexibility index (Phi) is 9.35. The van der Waals surface area contributed by atoms with Gasteiger partial charge in [0, 0.05) is 57.1 Å². The van der Waals surface area contributed by atoms with Gasteiger partial charge in [0.1, 0.15) is 0 Å². The highest BCUT2D eigenvalue weighted by molar-refractivity contribution is 5.52. The number of aromatic nitrogens is 3. The largest absolute Gasteiger partial charge is 0.467 e. The standard InChI is InChI=1S/C20H30N8O5/c1-31-20-24-18(22-7-13-33-15-14-32-12-6-21)23-19(25-20)27-10-8-26(9-11-27)16-2-4-17(5-3-16)28(29)30/h2-5H,6-15,21H2,1H3,(H,22,23,24,25). The van der Waals surface area contributed by atoms with Crippen LogP contribution in [0.15, 0.2) is 24.3 Å². The molecule has 2 aromatic rings. The summed E-state index contributed by atoms with van der Waals surface area (Å²) in [5, 5.41) is 14.0. The van der Waals surface area contributed by atoms with Gasteiger partial charge in [0.15, 0.2) is 0 Å². The first-order chi connectivity index (χ1) is 16.1. The van der Waals surface area contributed by atoms with Crippen LogP contribution < -0.4 is 25.6 Å². The second-order valence-electron chi connectivity index (χ2n) is 7.13. The number of rotatable bonds is 13. The second kappa shape index (κ2) is 12.7. The lowest BCUT2D eigenvalue weighted by molar-refractivity contribution is -0.384. The molecular weight excluding hydrogens is 432 g/mol. The number of nitrogens with one attached hydrogen (secondary N) is 1. The van der Waals surface area contributed by atoms with E-state index in [4.69, 9.17) is 19.9 Å². The number of benzene rings is 1. The van der Waals surface area contributed by atoms with Crippen molar-refractivity contribution in [3.05, 3.63) is 34.4 Å². The average Bonchev–Trinajstić information content (AvgIpc) is 2.85. The first-order valence-corrected chi connectivity index (χ1v) is 10.7. The minimum Gasteiger partial charge on any atom is -0.467 e. The third kappa shape index (κ3) is 7.37. The van der Waals surface area contributed by atoms with Crippen LogP contribution in [-0.2, 0) is 9.47 Å². The number of piperazine rings is 1. The number of anilines is 3. The van der Waals surface area contributed by atoms with Gasteiger partial charge in [0.2, 0.25) is 11.9 Å². The maximum Gasteiger partial charge on any atom is 0.322 e. The smallest absolute Gasteiger partial charge is 0.322 e.